The number of aromatic nitrogens is 1. The minimum absolute atomic E-state index is 0.172. The smallest absolute Gasteiger partial charge is 0.314 e. The topological polar surface area (TPSA) is 50.2 Å². The van der Waals surface area contributed by atoms with Crippen LogP contribution in [0.1, 0.15) is 25.8 Å². The van der Waals surface area contributed by atoms with Gasteiger partial charge in [0.25, 0.3) is 0 Å². The van der Waals surface area contributed by atoms with Gasteiger partial charge in [0.05, 0.1) is 5.41 Å². The van der Waals surface area contributed by atoms with E-state index in [1.807, 2.05) is 19.9 Å². The van der Waals surface area contributed by atoms with Gasteiger partial charge in [-0.05, 0) is 39.4 Å². The van der Waals surface area contributed by atoms with E-state index in [1.54, 1.807) is 12.3 Å². The molecule has 3 nitrogen and oxygen atoms in total. The minimum atomic E-state index is -0.753. The largest absolute Gasteiger partial charge is 0.481 e. The molecule has 0 aliphatic heterocycles. The molecule has 1 fully saturated rings. The first-order chi connectivity index (χ1) is 6.90. The van der Waals surface area contributed by atoms with Crippen LogP contribution in [0, 0.1) is 5.41 Å². The summed E-state index contributed by atoms with van der Waals surface area (Å²) in [6.07, 6.45) is 2.32. The van der Waals surface area contributed by atoms with Crippen molar-refractivity contribution in [2.75, 3.05) is 0 Å². The van der Waals surface area contributed by atoms with Gasteiger partial charge in [0, 0.05) is 6.20 Å². The van der Waals surface area contributed by atoms with E-state index >= 15 is 0 Å². The normalized spacial score (nSPS) is 27.4. The van der Waals surface area contributed by atoms with Gasteiger partial charge in [-0.3, -0.25) is 4.79 Å². The summed E-state index contributed by atoms with van der Waals surface area (Å²) in [5, 5.41) is 9.32. The highest BCUT2D eigenvalue weighted by molar-refractivity contribution is 9.10. The van der Waals surface area contributed by atoms with Crippen molar-refractivity contribution in [2.24, 2.45) is 5.41 Å². The van der Waals surface area contributed by atoms with E-state index in [-0.39, 0.29) is 5.41 Å². The van der Waals surface area contributed by atoms with Gasteiger partial charge >= 0.3 is 5.97 Å². The Morgan fingerprint density at radius 2 is 2.13 bits per heavy atom. The van der Waals surface area contributed by atoms with Gasteiger partial charge < -0.3 is 5.11 Å². The molecule has 4 heteroatoms. The second kappa shape index (κ2) is 3.04. The van der Waals surface area contributed by atoms with E-state index in [4.69, 9.17) is 0 Å². The maximum Gasteiger partial charge on any atom is 0.314 e. The number of hydrogen-bond acceptors (Lipinski definition) is 2. The van der Waals surface area contributed by atoms with Gasteiger partial charge in [-0.25, -0.2) is 4.98 Å². The maximum absolute atomic E-state index is 11.3. The first-order valence-corrected chi connectivity index (χ1v) is 5.55. The SMILES string of the molecule is CC1(C)CC1(C(=O)O)c1ccc(Br)nc1. The molecule has 1 unspecified atom stereocenters. The molecule has 1 aliphatic rings. The van der Waals surface area contributed by atoms with Crippen LogP contribution in [0.15, 0.2) is 22.9 Å². The van der Waals surface area contributed by atoms with E-state index in [0.717, 1.165) is 10.2 Å². The third-order valence-corrected chi connectivity index (χ3v) is 3.79. The molecular weight excluding hydrogens is 258 g/mol. The molecule has 1 N–H and O–H groups in total. The Kier molecular flexibility index (Phi) is 2.15. The molecule has 1 aromatic rings. The number of rotatable bonds is 2. The summed E-state index contributed by atoms with van der Waals surface area (Å²) in [6, 6.07) is 3.62. The lowest BCUT2D eigenvalue weighted by molar-refractivity contribution is -0.141. The highest BCUT2D eigenvalue weighted by atomic mass is 79.9. The summed E-state index contributed by atoms with van der Waals surface area (Å²) >= 11 is 3.24. The Bertz CT molecular complexity index is 413. The molecule has 0 amide bonds. The van der Waals surface area contributed by atoms with Gasteiger partial charge in [0.1, 0.15) is 4.60 Å². The Balaban J connectivity index is 2.45. The van der Waals surface area contributed by atoms with Crippen LogP contribution in [0.5, 0.6) is 0 Å². The van der Waals surface area contributed by atoms with Crippen LogP contribution >= 0.6 is 15.9 Å². The standard InChI is InChI=1S/C11H12BrNO2/c1-10(2)6-11(10,9(14)15)7-3-4-8(12)13-5-7/h3-5H,6H2,1-2H3,(H,14,15). The summed E-state index contributed by atoms with van der Waals surface area (Å²) in [6.45, 7) is 3.95. The van der Waals surface area contributed by atoms with Crippen molar-refractivity contribution in [2.45, 2.75) is 25.7 Å². The van der Waals surface area contributed by atoms with Gasteiger partial charge in [0.15, 0.2) is 0 Å². The zero-order valence-electron chi connectivity index (χ0n) is 8.62. The van der Waals surface area contributed by atoms with Crippen molar-refractivity contribution < 1.29 is 9.90 Å². The number of nitrogens with zero attached hydrogens (tertiary/aromatic N) is 1. The van der Waals surface area contributed by atoms with E-state index < -0.39 is 11.4 Å². The van der Waals surface area contributed by atoms with E-state index in [9.17, 15) is 9.90 Å². The second-order valence-corrected chi connectivity index (χ2v) is 5.45. The van der Waals surface area contributed by atoms with Gasteiger partial charge in [0.2, 0.25) is 0 Å². The van der Waals surface area contributed by atoms with Crippen LogP contribution < -0.4 is 0 Å². The molecule has 0 bridgehead atoms. The molecule has 0 saturated heterocycles. The second-order valence-electron chi connectivity index (χ2n) is 4.64. The summed E-state index contributed by atoms with van der Waals surface area (Å²) in [7, 11) is 0. The molecule has 80 valence electrons. The van der Waals surface area contributed by atoms with Crippen molar-refractivity contribution in [3.05, 3.63) is 28.5 Å². The fraction of sp³-hybridized carbons (Fsp3) is 0.455. The van der Waals surface area contributed by atoms with Crippen molar-refractivity contribution in [3.63, 3.8) is 0 Å². The van der Waals surface area contributed by atoms with Crippen LogP contribution in [0.3, 0.4) is 0 Å². The Morgan fingerprint density at radius 1 is 1.53 bits per heavy atom. The highest BCUT2D eigenvalue weighted by Crippen LogP contribution is 2.64. The van der Waals surface area contributed by atoms with Crippen LogP contribution in [-0.4, -0.2) is 16.1 Å². The van der Waals surface area contributed by atoms with Crippen molar-refractivity contribution in [1.29, 1.82) is 0 Å². The summed E-state index contributed by atoms with van der Waals surface area (Å²) in [5.74, 6) is -0.753. The molecule has 1 heterocycles. The molecule has 15 heavy (non-hydrogen) atoms. The fourth-order valence-corrected chi connectivity index (χ4v) is 2.46. The van der Waals surface area contributed by atoms with E-state index in [1.165, 1.54) is 0 Å². The number of pyridine rings is 1. The van der Waals surface area contributed by atoms with Gasteiger partial charge in [-0.1, -0.05) is 19.9 Å². The number of halogens is 1. The van der Waals surface area contributed by atoms with Crippen molar-refractivity contribution in [3.8, 4) is 0 Å². The number of aliphatic carboxylic acids is 1. The average molecular weight is 270 g/mol. The minimum Gasteiger partial charge on any atom is -0.481 e. The van der Waals surface area contributed by atoms with Gasteiger partial charge in [-0.15, -0.1) is 0 Å². The highest BCUT2D eigenvalue weighted by Gasteiger charge is 2.67. The molecule has 1 atom stereocenters. The fourth-order valence-electron chi connectivity index (χ4n) is 2.23. The number of carbonyl (C=O) groups is 1. The van der Waals surface area contributed by atoms with Gasteiger partial charge in [-0.2, -0.15) is 0 Å². The number of carboxylic acid groups (broad SMARTS) is 1. The number of hydrogen-bond donors (Lipinski definition) is 1. The lowest BCUT2D eigenvalue weighted by Crippen LogP contribution is -2.25. The van der Waals surface area contributed by atoms with Crippen LogP contribution in [-0.2, 0) is 10.2 Å². The predicted molar refractivity (Wildman–Crippen MR) is 59.6 cm³/mol. The average Bonchev–Trinajstić information content (AvgIpc) is 2.72. The molecular formula is C11H12BrNO2. The molecule has 0 spiro atoms. The van der Waals surface area contributed by atoms with E-state index in [2.05, 4.69) is 20.9 Å². The van der Waals surface area contributed by atoms with Crippen molar-refractivity contribution >= 4 is 21.9 Å². The summed E-state index contributed by atoms with van der Waals surface area (Å²) in [4.78, 5) is 15.4. The molecule has 1 saturated carbocycles. The maximum atomic E-state index is 11.3. The molecule has 1 aliphatic carbocycles. The molecule has 1 aromatic heterocycles. The Hall–Kier alpha value is -0.900. The first-order valence-electron chi connectivity index (χ1n) is 4.75. The summed E-state index contributed by atoms with van der Waals surface area (Å²) < 4.78 is 0.727. The zero-order chi connectivity index (χ0) is 11.3. The number of carboxylic acids is 1. The van der Waals surface area contributed by atoms with Crippen LogP contribution in [0.25, 0.3) is 0 Å². The Morgan fingerprint density at radius 3 is 2.47 bits per heavy atom. The zero-order valence-corrected chi connectivity index (χ0v) is 10.2. The van der Waals surface area contributed by atoms with Crippen molar-refractivity contribution in [1.82, 2.24) is 4.98 Å². The van der Waals surface area contributed by atoms with E-state index in [0.29, 0.717) is 6.42 Å². The quantitative estimate of drug-likeness (QED) is 0.840. The van der Waals surface area contributed by atoms with Crippen LogP contribution in [0.2, 0.25) is 0 Å². The van der Waals surface area contributed by atoms with Crippen LogP contribution in [0.4, 0.5) is 0 Å². The Labute approximate surface area is 96.7 Å². The first kappa shape index (κ1) is 10.6. The third-order valence-electron chi connectivity index (χ3n) is 3.32. The lowest BCUT2D eigenvalue weighted by Gasteiger charge is -2.15. The molecule has 2 rings (SSSR count). The summed E-state index contributed by atoms with van der Waals surface area (Å²) in [5.41, 5.74) is -0.113. The third kappa shape index (κ3) is 1.39. The molecule has 0 aromatic carbocycles. The predicted octanol–water partition coefficient (Wildman–Crippen LogP) is 2.60. The monoisotopic (exact) mass is 269 g/mol. The lowest BCUT2D eigenvalue weighted by atomic mass is 9.89. The molecule has 0 radical (unpaired) electrons.